The van der Waals surface area contributed by atoms with Gasteiger partial charge in [-0.1, -0.05) is 13.0 Å². The van der Waals surface area contributed by atoms with Crippen molar-refractivity contribution in [1.29, 1.82) is 0 Å². The highest BCUT2D eigenvalue weighted by Gasteiger charge is 2.73. The average molecular weight is 413 g/mol. The molecule has 6 heteroatoms. The molecule has 2 bridgehead atoms. The van der Waals surface area contributed by atoms with Crippen molar-refractivity contribution >= 4 is 5.91 Å². The molecule has 1 aromatic carbocycles. The smallest absolute Gasteiger partial charge is 0.222 e. The number of ether oxygens (including phenoxy) is 1. The number of carbonyl (C=O) groups is 1. The third-order valence-corrected chi connectivity index (χ3v) is 8.92. The molecular formula is C24H32N2O4. The van der Waals surface area contributed by atoms with E-state index in [1.54, 1.807) is 6.07 Å². The van der Waals surface area contributed by atoms with Crippen LogP contribution in [0, 0.1) is 5.92 Å². The number of nitrogens with zero attached hydrogens (tertiary/aromatic N) is 2. The lowest BCUT2D eigenvalue weighted by atomic mass is 9.48. The summed E-state index contributed by atoms with van der Waals surface area (Å²) < 4.78 is 6.51. The topological polar surface area (TPSA) is 73.2 Å². The Bertz CT molecular complexity index is 915. The zero-order chi connectivity index (χ0) is 20.8. The highest BCUT2D eigenvalue weighted by atomic mass is 16.5. The number of likely N-dealkylation sites (tertiary alicyclic amines) is 1. The molecule has 162 valence electrons. The largest absolute Gasteiger partial charge is 0.504 e. The molecule has 1 saturated heterocycles. The van der Waals surface area contributed by atoms with E-state index in [4.69, 9.17) is 4.74 Å². The summed E-state index contributed by atoms with van der Waals surface area (Å²) in [6.07, 6.45) is 5.76. The number of aliphatic hydroxyl groups is 1. The molecule has 0 aromatic heterocycles. The van der Waals surface area contributed by atoms with Gasteiger partial charge in [0.2, 0.25) is 5.91 Å². The Morgan fingerprint density at radius 3 is 2.83 bits per heavy atom. The Kier molecular flexibility index (Phi) is 3.87. The summed E-state index contributed by atoms with van der Waals surface area (Å²) in [6.45, 7) is 3.90. The van der Waals surface area contributed by atoms with E-state index in [0.717, 1.165) is 43.8 Å². The predicted octanol–water partition coefficient (Wildman–Crippen LogP) is 2.19. The Morgan fingerprint density at radius 1 is 1.30 bits per heavy atom. The van der Waals surface area contributed by atoms with E-state index in [1.807, 2.05) is 24.9 Å². The van der Waals surface area contributed by atoms with E-state index in [2.05, 4.69) is 4.90 Å². The number of aromatic hydroxyl groups is 1. The summed E-state index contributed by atoms with van der Waals surface area (Å²) in [5.41, 5.74) is 0.790. The quantitative estimate of drug-likeness (QED) is 0.793. The molecule has 1 spiro atoms. The van der Waals surface area contributed by atoms with E-state index in [-0.39, 0.29) is 29.8 Å². The second kappa shape index (κ2) is 6.13. The van der Waals surface area contributed by atoms with Crippen LogP contribution in [0.25, 0.3) is 0 Å². The number of benzene rings is 1. The maximum Gasteiger partial charge on any atom is 0.222 e. The van der Waals surface area contributed by atoms with Crippen molar-refractivity contribution in [3.8, 4) is 11.5 Å². The van der Waals surface area contributed by atoms with Gasteiger partial charge in [-0.15, -0.1) is 0 Å². The number of amides is 1. The van der Waals surface area contributed by atoms with Gasteiger partial charge in [0.15, 0.2) is 11.5 Å². The lowest BCUT2D eigenvalue weighted by Gasteiger charge is -2.64. The molecule has 5 aliphatic rings. The molecule has 6 rings (SSSR count). The normalized spacial score (nSPS) is 38.7. The zero-order valence-corrected chi connectivity index (χ0v) is 17.9. The third-order valence-electron chi connectivity index (χ3n) is 8.92. The fraction of sp³-hybridized carbons (Fsp3) is 0.708. The highest BCUT2D eigenvalue weighted by molar-refractivity contribution is 5.76. The first-order valence-electron chi connectivity index (χ1n) is 11.6. The van der Waals surface area contributed by atoms with Crippen LogP contribution >= 0.6 is 0 Å². The number of rotatable bonds is 4. The Labute approximate surface area is 177 Å². The third kappa shape index (κ3) is 2.19. The molecule has 6 nitrogen and oxygen atoms in total. The second-order valence-corrected chi connectivity index (χ2v) is 10.3. The van der Waals surface area contributed by atoms with E-state index >= 15 is 0 Å². The molecule has 1 amide bonds. The summed E-state index contributed by atoms with van der Waals surface area (Å²) in [5.74, 6) is 1.58. The van der Waals surface area contributed by atoms with Gasteiger partial charge >= 0.3 is 0 Å². The fourth-order valence-corrected chi connectivity index (χ4v) is 7.29. The van der Waals surface area contributed by atoms with E-state index in [1.165, 1.54) is 18.4 Å². The Hall–Kier alpha value is -1.79. The number of phenols is 1. The van der Waals surface area contributed by atoms with Gasteiger partial charge in [-0.25, -0.2) is 0 Å². The molecule has 1 aromatic rings. The minimum absolute atomic E-state index is 0.0778. The summed E-state index contributed by atoms with van der Waals surface area (Å²) in [5, 5.41) is 23.0. The van der Waals surface area contributed by atoms with E-state index in [9.17, 15) is 15.0 Å². The van der Waals surface area contributed by atoms with Crippen LogP contribution in [0.4, 0.5) is 0 Å². The van der Waals surface area contributed by atoms with Gasteiger partial charge in [0.05, 0.1) is 17.1 Å². The van der Waals surface area contributed by atoms with Gasteiger partial charge in [0, 0.05) is 31.6 Å². The van der Waals surface area contributed by atoms with Gasteiger partial charge in [-0.05, 0) is 62.6 Å². The monoisotopic (exact) mass is 412 g/mol. The summed E-state index contributed by atoms with van der Waals surface area (Å²) in [7, 11) is 1.87. The maximum absolute atomic E-state index is 12.6. The molecule has 3 fully saturated rings. The predicted molar refractivity (Wildman–Crippen MR) is 112 cm³/mol. The van der Waals surface area contributed by atoms with Gasteiger partial charge in [0.1, 0.15) is 6.10 Å². The van der Waals surface area contributed by atoms with Crippen molar-refractivity contribution in [3.63, 3.8) is 0 Å². The average Bonchev–Trinajstić information content (AvgIpc) is 3.48. The van der Waals surface area contributed by atoms with Crippen LogP contribution in [0.2, 0.25) is 0 Å². The molecule has 2 heterocycles. The molecule has 2 aliphatic heterocycles. The molecule has 3 aliphatic carbocycles. The lowest BCUT2D eigenvalue weighted by molar-refractivity contribution is -0.200. The minimum atomic E-state index is -0.885. The molecule has 0 radical (unpaired) electrons. The Balaban J connectivity index is 1.50. The number of piperidine rings is 1. The highest BCUT2D eigenvalue weighted by Crippen LogP contribution is 2.66. The number of carbonyl (C=O) groups excluding carboxylic acids is 1. The van der Waals surface area contributed by atoms with Crippen molar-refractivity contribution in [2.45, 2.75) is 81.1 Å². The molecule has 5 atom stereocenters. The second-order valence-electron chi connectivity index (χ2n) is 10.3. The molecule has 2 N–H and O–H groups in total. The standard InChI is InChI=1S/C24H32N2O4/c1-3-19(28)25(2)16-8-9-24(29)18-12-15-6-7-17(27)21-20(15)23(24,22(16)30-21)10-11-26(18)13-14-4-5-14/h6-7,14,16,18,22,27,29H,3-5,8-13H2,1-2H3/t16?,18-,22?,23+,24-/m1/s1. The van der Waals surface area contributed by atoms with Crippen molar-refractivity contribution in [3.05, 3.63) is 23.3 Å². The van der Waals surface area contributed by atoms with Crippen molar-refractivity contribution < 1.29 is 19.7 Å². The summed E-state index contributed by atoms with van der Waals surface area (Å²) in [4.78, 5) is 17.0. The van der Waals surface area contributed by atoms with E-state index < -0.39 is 11.0 Å². The maximum atomic E-state index is 12.6. The van der Waals surface area contributed by atoms with Gasteiger partial charge in [0.25, 0.3) is 0 Å². The number of hydrogen-bond donors (Lipinski definition) is 2. The number of phenolic OH excluding ortho intramolecular Hbond substituents is 1. The van der Waals surface area contributed by atoms with Crippen LogP contribution in [0.1, 0.15) is 56.6 Å². The van der Waals surface area contributed by atoms with Crippen LogP contribution < -0.4 is 4.74 Å². The van der Waals surface area contributed by atoms with Crippen molar-refractivity contribution in [1.82, 2.24) is 9.80 Å². The van der Waals surface area contributed by atoms with E-state index in [0.29, 0.717) is 18.6 Å². The zero-order valence-electron chi connectivity index (χ0n) is 17.9. The molecule has 2 unspecified atom stereocenters. The SMILES string of the molecule is CCC(=O)N(C)C1CC[C@@]2(O)[C@H]3Cc4ccc(O)c5c4[C@@]2(CCN3CC2CC2)C1O5. The van der Waals surface area contributed by atoms with Crippen molar-refractivity contribution in [2.24, 2.45) is 5.92 Å². The van der Waals surface area contributed by atoms with Crippen LogP contribution in [0.5, 0.6) is 11.5 Å². The number of likely N-dealkylation sites (N-methyl/N-ethyl adjacent to an activating group) is 1. The summed E-state index contributed by atoms with van der Waals surface area (Å²) in [6, 6.07) is 3.75. The van der Waals surface area contributed by atoms with Crippen LogP contribution in [0.3, 0.4) is 0 Å². The van der Waals surface area contributed by atoms with Gasteiger partial charge < -0.3 is 19.8 Å². The van der Waals surface area contributed by atoms with Crippen LogP contribution in [0.15, 0.2) is 12.1 Å². The molecule has 30 heavy (non-hydrogen) atoms. The van der Waals surface area contributed by atoms with Crippen LogP contribution in [-0.4, -0.2) is 69.8 Å². The van der Waals surface area contributed by atoms with Crippen LogP contribution in [-0.2, 0) is 16.6 Å². The van der Waals surface area contributed by atoms with Gasteiger partial charge in [-0.2, -0.15) is 0 Å². The van der Waals surface area contributed by atoms with Crippen molar-refractivity contribution in [2.75, 3.05) is 20.1 Å². The first-order chi connectivity index (χ1) is 14.4. The molecular weight excluding hydrogens is 380 g/mol. The molecule has 2 saturated carbocycles. The first kappa shape index (κ1) is 18.9. The summed E-state index contributed by atoms with van der Waals surface area (Å²) >= 11 is 0. The first-order valence-corrected chi connectivity index (χ1v) is 11.6. The number of hydrogen-bond acceptors (Lipinski definition) is 5. The fourth-order valence-electron chi connectivity index (χ4n) is 7.29. The lowest BCUT2D eigenvalue weighted by Crippen LogP contribution is -2.78. The Morgan fingerprint density at radius 2 is 2.10 bits per heavy atom. The minimum Gasteiger partial charge on any atom is -0.504 e. The van der Waals surface area contributed by atoms with Gasteiger partial charge in [-0.3, -0.25) is 9.69 Å².